The van der Waals surface area contributed by atoms with Gasteiger partial charge < -0.3 is 25.0 Å². The summed E-state index contributed by atoms with van der Waals surface area (Å²) in [7, 11) is -2.57. The predicted molar refractivity (Wildman–Crippen MR) is 74.7 cm³/mol. The van der Waals surface area contributed by atoms with Crippen LogP contribution in [-0.2, 0) is 23.7 Å². The summed E-state index contributed by atoms with van der Waals surface area (Å²) in [4.78, 5) is 42.8. The third-order valence-corrected chi connectivity index (χ3v) is 4.96. The van der Waals surface area contributed by atoms with E-state index in [1.165, 1.54) is 0 Å². The summed E-state index contributed by atoms with van der Waals surface area (Å²) < 4.78 is 11.9. The van der Waals surface area contributed by atoms with Gasteiger partial charge in [-0.15, -0.1) is 0 Å². The van der Waals surface area contributed by atoms with Gasteiger partial charge in [-0.1, -0.05) is 0 Å². The molecule has 10 heteroatoms. The fourth-order valence-corrected chi connectivity index (χ4v) is 3.88. The van der Waals surface area contributed by atoms with E-state index < -0.39 is 43.5 Å². The first kappa shape index (κ1) is 20.1. The number of carboxylic acids is 4. The van der Waals surface area contributed by atoms with Gasteiger partial charge in [-0.2, -0.15) is 0 Å². The van der Waals surface area contributed by atoms with Crippen LogP contribution in [-0.4, -0.2) is 56.6 Å². The van der Waals surface area contributed by atoms with Crippen molar-refractivity contribution >= 4 is 31.7 Å². The van der Waals surface area contributed by atoms with Gasteiger partial charge in [-0.05, 0) is 12.8 Å². The molecule has 0 amide bonds. The van der Waals surface area contributed by atoms with Gasteiger partial charge in [0.2, 0.25) is 0 Å². The Morgan fingerprint density at radius 2 is 1.05 bits per heavy atom. The fourth-order valence-electron chi connectivity index (χ4n) is 1.85. The Labute approximate surface area is 126 Å². The minimum Gasteiger partial charge on any atom is -0.481 e. The van der Waals surface area contributed by atoms with Crippen LogP contribution in [0.1, 0.15) is 25.7 Å². The van der Waals surface area contributed by atoms with Crippen LogP contribution >= 0.6 is 7.80 Å². The second-order valence-corrected chi connectivity index (χ2v) is 6.78. The van der Waals surface area contributed by atoms with Crippen LogP contribution in [0, 0.1) is 11.8 Å². The van der Waals surface area contributed by atoms with Crippen molar-refractivity contribution in [2.24, 2.45) is 11.8 Å². The molecule has 0 fully saturated rings. The number of carbonyl (C=O) groups is 4. The smallest absolute Gasteiger partial charge is 0.306 e. The first-order chi connectivity index (χ1) is 10.1. The lowest BCUT2D eigenvalue weighted by Gasteiger charge is -2.14. The van der Waals surface area contributed by atoms with Crippen LogP contribution in [0.15, 0.2) is 0 Å². The zero-order chi connectivity index (χ0) is 17.3. The van der Waals surface area contributed by atoms with Crippen LogP contribution in [0.2, 0.25) is 0 Å². The predicted octanol–water partition coefficient (Wildman–Crippen LogP) is 0.677. The molecule has 0 saturated heterocycles. The minimum atomic E-state index is -2.57. The van der Waals surface area contributed by atoms with Crippen LogP contribution in [0.25, 0.3) is 0 Å². The molecule has 2 atom stereocenters. The Bertz CT molecular complexity index is 420. The molecule has 0 aromatic carbocycles. The van der Waals surface area contributed by atoms with E-state index in [1.54, 1.807) is 0 Å². The van der Waals surface area contributed by atoms with Crippen LogP contribution in [0.4, 0.5) is 0 Å². The molecule has 0 saturated carbocycles. The molecule has 22 heavy (non-hydrogen) atoms. The molecular formula is C12H19O9P. The van der Waals surface area contributed by atoms with E-state index in [2.05, 4.69) is 0 Å². The molecular weight excluding hydrogens is 319 g/mol. The molecule has 0 aromatic heterocycles. The average Bonchev–Trinajstić information content (AvgIpc) is 2.38. The third-order valence-electron chi connectivity index (χ3n) is 3.06. The first-order valence-electron chi connectivity index (χ1n) is 6.54. The van der Waals surface area contributed by atoms with Gasteiger partial charge in [0, 0.05) is 25.2 Å². The Kier molecular flexibility index (Phi) is 9.09. The molecule has 4 N–H and O–H groups in total. The number of hydrogen-bond donors (Lipinski definition) is 4. The lowest BCUT2D eigenvalue weighted by atomic mass is 10.1. The molecule has 0 rings (SSSR count). The molecule has 0 spiro atoms. The van der Waals surface area contributed by atoms with Gasteiger partial charge in [0.15, 0.2) is 0 Å². The zero-order valence-corrected chi connectivity index (χ0v) is 12.7. The van der Waals surface area contributed by atoms with E-state index in [-0.39, 0.29) is 38.0 Å². The summed E-state index contributed by atoms with van der Waals surface area (Å²) in [5.41, 5.74) is 0. The highest BCUT2D eigenvalue weighted by atomic mass is 31.1. The van der Waals surface area contributed by atoms with E-state index in [1.807, 2.05) is 0 Å². The average molecular weight is 338 g/mol. The largest absolute Gasteiger partial charge is 0.481 e. The Hall–Kier alpha value is -1.89. The Morgan fingerprint density at radius 1 is 0.727 bits per heavy atom. The maximum absolute atomic E-state index is 11.9. The molecule has 0 heterocycles. The fraction of sp³-hybridized carbons (Fsp3) is 0.667. The van der Waals surface area contributed by atoms with E-state index in [9.17, 15) is 23.7 Å². The first-order valence-corrected chi connectivity index (χ1v) is 8.36. The van der Waals surface area contributed by atoms with E-state index in [0.717, 1.165) is 0 Å². The molecule has 0 aromatic rings. The molecule has 9 nitrogen and oxygen atoms in total. The molecule has 0 aliphatic carbocycles. The van der Waals surface area contributed by atoms with Crippen molar-refractivity contribution in [1.29, 1.82) is 0 Å². The molecule has 0 bridgehead atoms. The molecule has 0 aliphatic rings. The van der Waals surface area contributed by atoms with Gasteiger partial charge in [0.1, 0.15) is 0 Å². The number of rotatable bonds is 12. The van der Waals surface area contributed by atoms with Crippen LogP contribution < -0.4 is 0 Å². The molecule has 0 radical (unpaired) electrons. The SMILES string of the molecule is O=C(O)CCC(C[PH](=O)CC(CCC(=O)O)C(=O)O)C(=O)O. The highest BCUT2D eigenvalue weighted by molar-refractivity contribution is 7.44. The highest BCUT2D eigenvalue weighted by Gasteiger charge is 2.26. The van der Waals surface area contributed by atoms with E-state index in [4.69, 9.17) is 20.4 Å². The normalized spacial score (nSPS) is 14.7. The van der Waals surface area contributed by atoms with Crippen molar-refractivity contribution in [1.82, 2.24) is 0 Å². The summed E-state index contributed by atoms with van der Waals surface area (Å²) in [6.07, 6.45) is -1.71. The standard InChI is InChI=1S/C12H19O9P/c13-9(14)3-1-7(11(17)18)5-22(21)6-8(12(19)20)2-4-10(15)16/h7-8,22H,1-6H2,(H,13,14)(H,15,16)(H,17,18)(H,19,20). The number of hydrogen-bond acceptors (Lipinski definition) is 5. The molecule has 2 unspecified atom stereocenters. The summed E-state index contributed by atoms with van der Waals surface area (Å²) in [6.45, 7) is 0. The lowest BCUT2D eigenvalue weighted by molar-refractivity contribution is -0.143. The minimum absolute atomic E-state index is 0.187. The van der Waals surface area contributed by atoms with Crippen molar-refractivity contribution in [2.75, 3.05) is 12.3 Å². The summed E-state index contributed by atoms with van der Waals surface area (Å²) in [5, 5.41) is 34.9. The van der Waals surface area contributed by atoms with Crippen molar-refractivity contribution in [3.05, 3.63) is 0 Å². The number of aliphatic carboxylic acids is 4. The van der Waals surface area contributed by atoms with Crippen molar-refractivity contribution < 1.29 is 44.2 Å². The quantitative estimate of drug-likeness (QED) is 0.374. The Balaban J connectivity index is 4.57. The van der Waals surface area contributed by atoms with E-state index >= 15 is 0 Å². The van der Waals surface area contributed by atoms with Gasteiger partial charge in [-0.25, -0.2) is 0 Å². The van der Waals surface area contributed by atoms with Crippen molar-refractivity contribution in [2.45, 2.75) is 25.7 Å². The summed E-state index contributed by atoms with van der Waals surface area (Å²) in [5.74, 6) is -7.13. The Morgan fingerprint density at radius 3 is 1.27 bits per heavy atom. The maximum Gasteiger partial charge on any atom is 0.306 e. The van der Waals surface area contributed by atoms with Gasteiger partial charge in [-0.3, -0.25) is 19.2 Å². The highest BCUT2D eigenvalue weighted by Crippen LogP contribution is 2.31. The molecule has 0 aliphatic heterocycles. The zero-order valence-electron chi connectivity index (χ0n) is 11.7. The molecule has 126 valence electrons. The summed E-state index contributed by atoms with van der Waals surface area (Å²) >= 11 is 0. The van der Waals surface area contributed by atoms with Crippen LogP contribution in [0.3, 0.4) is 0 Å². The summed E-state index contributed by atoms with van der Waals surface area (Å²) in [6, 6.07) is 0. The second-order valence-electron chi connectivity index (χ2n) is 4.88. The van der Waals surface area contributed by atoms with Gasteiger partial charge >= 0.3 is 23.9 Å². The number of carboxylic acid groups (broad SMARTS) is 4. The van der Waals surface area contributed by atoms with Gasteiger partial charge in [0.05, 0.1) is 19.6 Å². The second kappa shape index (κ2) is 9.94. The monoisotopic (exact) mass is 338 g/mol. The van der Waals surface area contributed by atoms with E-state index in [0.29, 0.717) is 0 Å². The lowest BCUT2D eigenvalue weighted by Crippen LogP contribution is -2.21. The topological polar surface area (TPSA) is 166 Å². The van der Waals surface area contributed by atoms with Crippen molar-refractivity contribution in [3.63, 3.8) is 0 Å². The maximum atomic E-state index is 11.9. The third kappa shape index (κ3) is 9.12. The van der Waals surface area contributed by atoms with Crippen LogP contribution in [0.5, 0.6) is 0 Å². The van der Waals surface area contributed by atoms with Gasteiger partial charge in [0.25, 0.3) is 0 Å². The van der Waals surface area contributed by atoms with Crippen molar-refractivity contribution in [3.8, 4) is 0 Å².